The van der Waals surface area contributed by atoms with Gasteiger partial charge in [-0.05, 0) is 51.4 Å². The van der Waals surface area contributed by atoms with Crippen molar-refractivity contribution in [3.8, 4) is 0 Å². The van der Waals surface area contributed by atoms with Crippen LogP contribution in [0.25, 0.3) is 0 Å². The smallest absolute Gasteiger partial charge is 0.0459 e. The Balaban J connectivity index is 2.13. The van der Waals surface area contributed by atoms with Gasteiger partial charge in [0, 0.05) is 6.61 Å². The standard InChI is InChI=1S/C13H24O/c1-11(2)4-3-5-12-6-8-13(10-14)9-7-12/h4,12-14H,3,5-10H2,1-2H3. The Bertz CT molecular complexity index is 172. The van der Waals surface area contributed by atoms with Crippen molar-refractivity contribution in [2.24, 2.45) is 11.8 Å². The minimum absolute atomic E-state index is 0.403. The molecule has 1 nitrogen and oxygen atoms in total. The molecule has 0 amide bonds. The van der Waals surface area contributed by atoms with Gasteiger partial charge in [-0.1, -0.05) is 24.5 Å². The molecule has 1 heteroatoms. The Labute approximate surface area is 88.2 Å². The molecule has 0 aromatic carbocycles. The third kappa shape index (κ3) is 4.28. The lowest BCUT2D eigenvalue weighted by molar-refractivity contribution is 0.164. The molecule has 0 aliphatic heterocycles. The van der Waals surface area contributed by atoms with E-state index in [0.29, 0.717) is 12.5 Å². The second-order valence-corrected chi connectivity index (χ2v) is 4.93. The largest absolute Gasteiger partial charge is 0.396 e. The molecule has 82 valence electrons. The van der Waals surface area contributed by atoms with E-state index in [2.05, 4.69) is 19.9 Å². The zero-order chi connectivity index (χ0) is 10.4. The van der Waals surface area contributed by atoms with Crippen LogP contribution in [0.3, 0.4) is 0 Å². The monoisotopic (exact) mass is 196 g/mol. The van der Waals surface area contributed by atoms with Crippen molar-refractivity contribution < 1.29 is 5.11 Å². The van der Waals surface area contributed by atoms with Crippen molar-refractivity contribution in [1.82, 2.24) is 0 Å². The molecule has 0 aromatic rings. The maximum Gasteiger partial charge on any atom is 0.0459 e. The second kappa shape index (κ2) is 6.23. The number of hydrogen-bond donors (Lipinski definition) is 1. The van der Waals surface area contributed by atoms with Gasteiger partial charge >= 0.3 is 0 Å². The number of aliphatic hydroxyl groups is 1. The summed E-state index contributed by atoms with van der Waals surface area (Å²) < 4.78 is 0. The molecule has 1 rings (SSSR count). The number of allylic oxidation sites excluding steroid dienone is 2. The summed E-state index contributed by atoms with van der Waals surface area (Å²) in [5.41, 5.74) is 1.44. The van der Waals surface area contributed by atoms with Gasteiger partial charge in [0.1, 0.15) is 0 Å². The third-order valence-corrected chi connectivity index (χ3v) is 3.35. The van der Waals surface area contributed by atoms with E-state index in [0.717, 1.165) is 5.92 Å². The minimum atomic E-state index is 0.403. The van der Waals surface area contributed by atoms with Gasteiger partial charge in [-0.25, -0.2) is 0 Å². The highest BCUT2D eigenvalue weighted by molar-refractivity contribution is 4.93. The van der Waals surface area contributed by atoms with Crippen LogP contribution in [0.1, 0.15) is 52.4 Å². The van der Waals surface area contributed by atoms with Gasteiger partial charge < -0.3 is 5.11 Å². The van der Waals surface area contributed by atoms with E-state index in [-0.39, 0.29) is 0 Å². The highest BCUT2D eigenvalue weighted by Gasteiger charge is 2.19. The van der Waals surface area contributed by atoms with E-state index in [1.165, 1.54) is 44.1 Å². The zero-order valence-electron chi connectivity index (χ0n) is 9.63. The third-order valence-electron chi connectivity index (χ3n) is 3.35. The zero-order valence-corrected chi connectivity index (χ0v) is 9.63. The number of hydrogen-bond acceptors (Lipinski definition) is 1. The fraction of sp³-hybridized carbons (Fsp3) is 0.846. The van der Waals surface area contributed by atoms with Gasteiger partial charge in [-0.3, -0.25) is 0 Å². The summed E-state index contributed by atoms with van der Waals surface area (Å²) in [5, 5.41) is 9.02. The molecule has 0 atom stereocenters. The van der Waals surface area contributed by atoms with E-state index >= 15 is 0 Å². The van der Waals surface area contributed by atoms with Gasteiger partial charge in [0.15, 0.2) is 0 Å². The molecule has 0 bridgehead atoms. The topological polar surface area (TPSA) is 20.2 Å². The van der Waals surface area contributed by atoms with Crippen LogP contribution in [0.15, 0.2) is 11.6 Å². The van der Waals surface area contributed by atoms with Crippen LogP contribution in [0.5, 0.6) is 0 Å². The van der Waals surface area contributed by atoms with E-state index < -0.39 is 0 Å². The van der Waals surface area contributed by atoms with E-state index in [4.69, 9.17) is 5.11 Å². The molecule has 0 spiro atoms. The predicted octanol–water partition coefficient (Wildman–Crippen LogP) is 3.53. The molecule has 14 heavy (non-hydrogen) atoms. The SMILES string of the molecule is CC(C)=CCCC1CCC(CO)CC1. The summed E-state index contributed by atoms with van der Waals surface area (Å²) in [4.78, 5) is 0. The summed E-state index contributed by atoms with van der Waals surface area (Å²) in [5.74, 6) is 1.53. The van der Waals surface area contributed by atoms with Crippen LogP contribution in [0.2, 0.25) is 0 Å². The molecule has 1 N–H and O–H groups in total. The first-order valence-corrected chi connectivity index (χ1v) is 5.96. The van der Waals surface area contributed by atoms with Gasteiger partial charge in [0.2, 0.25) is 0 Å². The average molecular weight is 196 g/mol. The van der Waals surface area contributed by atoms with Crippen molar-refractivity contribution in [2.45, 2.75) is 52.4 Å². The Morgan fingerprint density at radius 1 is 1.14 bits per heavy atom. The molecule has 1 aliphatic carbocycles. The number of aliphatic hydroxyl groups excluding tert-OH is 1. The number of rotatable bonds is 4. The summed E-state index contributed by atoms with van der Waals surface area (Å²) >= 11 is 0. The molecule has 0 saturated heterocycles. The molecule has 0 aromatic heterocycles. The van der Waals surface area contributed by atoms with Crippen LogP contribution in [0.4, 0.5) is 0 Å². The molecule has 0 unspecified atom stereocenters. The van der Waals surface area contributed by atoms with Crippen LogP contribution < -0.4 is 0 Å². The van der Waals surface area contributed by atoms with Gasteiger partial charge in [0.25, 0.3) is 0 Å². The maximum atomic E-state index is 9.02. The molecular weight excluding hydrogens is 172 g/mol. The van der Waals surface area contributed by atoms with Crippen molar-refractivity contribution in [2.75, 3.05) is 6.61 Å². The summed E-state index contributed by atoms with van der Waals surface area (Å²) in [7, 11) is 0. The van der Waals surface area contributed by atoms with Crippen molar-refractivity contribution in [3.63, 3.8) is 0 Å². The van der Waals surface area contributed by atoms with Gasteiger partial charge in [-0.2, -0.15) is 0 Å². The Morgan fingerprint density at radius 3 is 2.21 bits per heavy atom. The highest BCUT2D eigenvalue weighted by atomic mass is 16.3. The molecular formula is C13H24O. The molecule has 0 radical (unpaired) electrons. The van der Waals surface area contributed by atoms with Crippen molar-refractivity contribution in [1.29, 1.82) is 0 Å². The lowest BCUT2D eigenvalue weighted by Crippen LogP contribution is -2.16. The Hall–Kier alpha value is -0.300. The van der Waals surface area contributed by atoms with Gasteiger partial charge in [-0.15, -0.1) is 0 Å². The van der Waals surface area contributed by atoms with Crippen LogP contribution in [-0.4, -0.2) is 11.7 Å². The lowest BCUT2D eigenvalue weighted by atomic mass is 9.80. The van der Waals surface area contributed by atoms with E-state index in [1.54, 1.807) is 0 Å². The fourth-order valence-electron chi connectivity index (χ4n) is 2.31. The van der Waals surface area contributed by atoms with Crippen LogP contribution in [0, 0.1) is 11.8 Å². The first kappa shape index (κ1) is 11.8. The maximum absolute atomic E-state index is 9.02. The normalized spacial score (nSPS) is 27.4. The summed E-state index contributed by atoms with van der Waals surface area (Å²) in [6, 6.07) is 0. The second-order valence-electron chi connectivity index (χ2n) is 4.93. The molecule has 1 fully saturated rings. The minimum Gasteiger partial charge on any atom is -0.396 e. The molecule has 1 aliphatic rings. The molecule has 0 heterocycles. The lowest BCUT2D eigenvalue weighted by Gasteiger charge is -2.26. The fourth-order valence-corrected chi connectivity index (χ4v) is 2.31. The first-order chi connectivity index (χ1) is 6.72. The highest BCUT2D eigenvalue weighted by Crippen LogP contribution is 2.31. The van der Waals surface area contributed by atoms with Crippen molar-refractivity contribution >= 4 is 0 Å². The summed E-state index contributed by atoms with van der Waals surface area (Å²) in [6.45, 7) is 4.74. The average Bonchev–Trinajstić information content (AvgIpc) is 2.18. The van der Waals surface area contributed by atoms with E-state index in [1.807, 2.05) is 0 Å². The van der Waals surface area contributed by atoms with Crippen LogP contribution >= 0.6 is 0 Å². The predicted molar refractivity (Wildman–Crippen MR) is 61.2 cm³/mol. The van der Waals surface area contributed by atoms with Crippen molar-refractivity contribution in [3.05, 3.63) is 11.6 Å². The summed E-state index contributed by atoms with van der Waals surface area (Å²) in [6.07, 6.45) is 10.1. The van der Waals surface area contributed by atoms with Crippen LogP contribution in [-0.2, 0) is 0 Å². The Kier molecular flexibility index (Phi) is 5.24. The quantitative estimate of drug-likeness (QED) is 0.682. The van der Waals surface area contributed by atoms with E-state index in [9.17, 15) is 0 Å². The molecule has 1 saturated carbocycles. The van der Waals surface area contributed by atoms with Gasteiger partial charge in [0.05, 0.1) is 0 Å². The first-order valence-electron chi connectivity index (χ1n) is 5.96. The Morgan fingerprint density at radius 2 is 1.71 bits per heavy atom.